The van der Waals surface area contributed by atoms with Crippen LogP contribution in [-0.4, -0.2) is 31.5 Å². The Bertz CT molecular complexity index is 968. The van der Waals surface area contributed by atoms with Crippen molar-refractivity contribution >= 4 is 33.0 Å². The van der Waals surface area contributed by atoms with Crippen LogP contribution in [0.3, 0.4) is 0 Å². The van der Waals surface area contributed by atoms with Gasteiger partial charge in [0.2, 0.25) is 15.9 Å². The molecule has 0 spiro atoms. The predicted molar refractivity (Wildman–Crippen MR) is 104 cm³/mol. The average molecular weight is 391 g/mol. The minimum atomic E-state index is -3.87. The Balaban J connectivity index is 2.41. The first-order valence-corrected chi connectivity index (χ1v) is 9.98. The third-order valence-electron chi connectivity index (χ3n) is 4.11. The Morgan fingerprint density at radius 1 is 1.15 bits per heavy atom. The highest BCUT2D eigenvalue weighted by atomic mass is 32.2. The lowest BCUT2D eigenvalue weighted by molar-refractivity contribution is -0.384. The zero-order chi connectivity index (χ0) is 20.4. The van der Waals surface area contributed by atoms with Crippen LogP contribution in [0.25, 0.3) is 0 Å². The van der Waals surface area contributed by atoms with Gasteiger partial charge in [0.05, 0.1) is 16.9 Å². The minimum absolute atomic E-state index is 0.0517. The summed E-state index contributed by atoms with van der Waals surface area (Å²) in [6.07, 6.45) is 0.953. The Morgan fingerprint density at radius 3 is 2.22 bits per heavy atom. The van der Waals surface area contributed by atoms with Crippen LogP contribution in [0.15, 0.2) is 42.5 Å². The summed E-state index contributed by atoms with van der Waals surface area (Å²) in [4.78, 5) is 23.1. The lowest BCUT2D eigenvalue weighted by Crippen LogP contribution is -2.45. The van der Waals surface area contributed by atoms with Gasteiger partial charge in [-0.2, -0.15) is 0 Å². The molecule has 1 N–H and O–H groups in total. The van der Waals surface area contributed by atoms with Crippen LogP contribution in [0.5, 0.6) is 0 Å². The summed E-state index contributed by atoms with van der Waals surface area (Å²) in [6.45, 7) is 5.10. The molecule has 0 aliphatic rings. The number of nitrogens with zero attached hydrogens (tertiary/aromatic N) is 2. The Morgan fingerprint density at radius 2 is 1.70 bits per heavy atom. The van der Waals surface area contributed by atoms with Crippen molar-refractivity contribution in [3.8, 4) is 0 Å². The highest BCUT2D eigenvalue weighted by Crippen LogP contribution is 2.26. The molecule has 0 fully saturated rings. The van der Waals surface area contributed by atoms with Gasteiger partial charge < -0.3 is 5.32 Å². The van der Waals surface area contributed by atoms with E-state index in [1.807, 2.05) is 32.0 Å². The van der Waals surface area contributed by atoms with Crippen molar-refractivity contribution in [1.82, 2.24) is 0 Å². The molecule has 0 radical (unpaired) electrons. The van der Waals surface area contributed by atoms with Crippen LogP contribution in [0, 0.1) is 24.0 Å². The standard InChI is InChI=1S/C18H21N3O5S/c1-12-7-5-8-13(2)17(12)19-18(22)14(3)20(27(4,25)26)15-9-6-10-16(11-15)21(23)24/h5-11,14H,1-4H3,(H,19,22). The molecular formula is C18H21N3O5S. The van der Waals surface area contributed by atoms with Crippen molar-refractivity contribution in [2.45, 2.75) is 26.8 Å². The molecule has 8 nitrogen and oxygen atoms in total. The van der Waals surface area contributed by atoms with Crippen LogP contribution in [0.4, 0.5) is 17.1 Å². The number of rotatable bonds is 6. The number of amides is 1. The maximum absolute atomic E-state index is 12.7. The topological polar surface area (TPSA) is 110 Å². The number of aryl methyl sites for hydroxylation is 2. The molecule has 2 rings (SSSR count). The molecule has 0 aliphatic heterocycles. The first-order chi connectivity index (χ1) is 12.5. The summed E-state index contributed by atoms with van der Waals surface area (Å²) in [5.41, 5.74) is 2.09. The molecule has 0 bridgehead atoms. The van der Waals surface area contributed by atoms with E-state index in [1.54, 1.807) is 0 Å². The first-order valence-electron chi connectivity index (χ1n) is 8.13. The Kier molecular flexibility index (Phi) is 5.85. The van der Waals surface area contributed by atoms with Crippen LogP contribution in [0.1, 0.15) is 18.1 Å². The smallest absolute Gasteiger partial charge is 0.271 e. The average Bonchev–Trinajstić information content (AvgIpc) is 2.57. The maximum Gasteiger partial charge on any atom is 0.271 e. The van der Waals surface area contributed by atoms with E-state index in [0.29, 0.717) is 5.69 Å². The second-order valence-corrected chi connectivity index (χ2v) is 8.13. The number of hydrogen-bond acceptors (Lipinski definition) is 5. The number of nitro groups is 1. The SMILES string of the molecule is Cc1cccc(C)c1NC(=O)C(C)N(c1cccc([N+](=O)[O-])c1)S(C)(=O)=O. The monoisotopic (exact) mass is 391 g/mol. The number of non-ortho nitro benzene ring substituents is 1. The predicted octanol–water partition coefficient (Wildman–Crippen LogP) is 3.00. The summed E-state index contributed by atoms with van der Waals surface area (Å²) in [5, 5.41) is 13.8. The second-order valence-electron chi connectivity index (χ2n) is 6.27. The zero-order valence-corrected chi connectivity index (χ0v) is 16.3. The summed E-state index contributed by atoms with van der Waals surface area (Å²) in [7, 11) is -3.87. The van der Waals surface area contributed by atoms with Gasteiger partial charge in [0.25, 0.3) is 5.69 Å². The quantitative estimate of drug-likeness (QED) is 0.601. The van der Waals surface area contributed by atoms with Gasteiger partial charge in [-0.3, -0.25) is 19.2 Å². The Hall–Kier alpha value is -2.94. The van der Waals surface area contributed by atoms with Gasteiger partial charge in [0.15, 0.2) is 0 Å². The highest BCUT2D eigenvalue weighted by molar-refractivity contribution is 7.92. The molecule has 2 aromatic rings. The van der Waals surface area contributed by atoms with Crippen molar-refractivity contribution in [2.75, 3.05) is 15.9 Å². The maximum atomic E-state index is 12.7. The number of hydrogen-bond donors (Lipinski definition) is 1. The van der Waals surface area contributed by atoms with Gasteiger partial charge in [-0.05, 0) is 38.0 Å². The van der Waals surface area contributed by atoms with Gasteiger partial charge in [-0.25, -0.2) is 8.42 Å². The molecule has 0 saturated carbocycles. The van der Waals surface area contributed by atoms with Gasteiger partial charge in [0, 0.05) is 17.8 Å². The molecule has 2 aromatic carbocycles. The third-order valence-corrected chi connectivity index (χ3v) is 5.35. The number of nitro benzene ring substituents is 1. The van der Waals surface area contributed by atoms with Crippen LogP contribution >= 0.6 is 0 Å². The van der Waals surface area contributed by atoms with Crippen molar-refractivity contribution in [1.29, 1.82) is 0 Å². The number of carbonyl (C=O) groups is 1. The molecule has 0 heterocycles. The molecule has 1 amide bonds. The first kappa shape index (κ1) is 20.4. The molecule has 1 unspecified atom stereocenters. The molecular weight excluding hydrogens is 370 g/mol. The fraction of sp³-hybridized carbons (Fsp3) is 0.278. The highest BCUT2D eigenvalue weighted by Gasteiger charge is 2.30. The van der Waals surface area contributed by atoms with E-state index in [2.05, 4.69) is 5.32 Å². The van der Waals surface area contributed by atoms with Crippen LogP contribution < -0.4 is 9.62 Å². The number of benzene rings is 2. The van der Waals surface area contributed by atoms with Crippen molar-refractivity contribution < 1.29 is 18.1 Å². The van der Waals surface area contributed by atoms with E-state index in [9.17, 15) is 23.3 Å². The van der Waals surface area contributed by atoms with E-state index in [0.717, 1.165) is 27.8 Å². The van der Waals surface area contributed by atoms with Crippen molar-refractivity contribution in [2.24, 2.45) is 0 Å². The summed E-state index contributed by atoms with van der Waals surface area (Å²) in [5.74, 6) is -0.538. The van der Waals surface area contributed by atoms with Crippen LogP contribution in [-0.2, 0) is 14.8 Å². The summed E-state index contributed by atoms with van der Waals surface area (Å²) >= 11 is 0. The summed E-state index contributed by atoms with van der Waals surface area (Å²) in [6, 6.07) is 9.59. The van der Waals surface area contributed by atoms with E-state index in [4.69, 9.17) is 0 Å². The molecule has 27 heavy (non-hydrogen) atoms. The number of sulfonamides is 1. The van der Waals surface area contributed by atoms with Gasteiger partial charge >= 0.3 is 0 Å². The number of para-hydroxylation sites is 1. The molecule has 0 aromatic heterocycles. The van der Waals surface area contributed by atoms with Gasteiger partial charge in [-0.1, -0.05) is 24.3 Å². The fourth-order valence-electron chi connectivity index (χ4n) is 2.79. The lowest BCUT2D eigenvalue weighted by atomic mass is 10.1. The molecule has 9 heteroatoms. The number of carbonyl (C=O) groups excluding carboxylic acids is 1. The van der Waals surface area contributed by atoms with Crippen molar-refractivity contribution in [3.05, 3.63) is 63.7 Å². The van der Waals surface area contributed by atoms with Crippen LogP contribution in [0.2, 0.25) is 0 Å². The molecule has 0 saturated heterocycles. The van der Waals surface area contributed by atoms with E-state index >= 15 is 0 Å². The minimum Gasteiger partial charge on any atom is -0.324 e. The molecule has 1 atom stereocenters. The largest absolute Gasteiger partial charge is 0.324 e. The van der Waals surface area contributed by atoms with Gasteiger partial charge in [-0.15, -0.1) is 0 Å². The fourth-order valence-corrected chi connectivity index (χ4v) is 3.96. The lowest BCUT2D eigenvalue weighted by Gasteiger charge is -2.28. The number of anilines is 2. The molecule has 144 valence electrons. The Labute approximate surface area is 158 Å². The summed E-state index contributed by atoms with van der Waals surface area (Å²) < 4.78 is 25.5. The molecule has 0 aliphatic carbocycles. The second kappa shape index (κ2) is 7.75. The zero-order valence-electron chi connectivity index (χ0n) is 15.5. The normalized spacial score (nSPS) is 12.3. The van der Waals surface area contributed by atoms with E-state index < -0.39 is 26.9 Å². The van der Waals surface area contributed by atoms with Crippen molar-refractivity contribution in [3.63, 3.8) is 0 Å². The third kappa shape index (κ3) is 4.62. The van der Waals surface area contributed by atoms with E-state index in [-0.39, 0.29) is 11.4 Å². The van der Waals surface area contributed by atoms with Gasteiger partial charge in [0.1, 0.15) is 6.04 Å². The number of nitrogens with one attached hydrogen (secondary N) is 1. The van der Waals surface area contributed by atoms with E-state index in [1.165, 1.54) is 25.1 Å².